The zero-order chi connectivity index (χ0) is 27.2. The molecular formula is C20H23FN6O9P+. The first-order chi connectivity index (χ1) is 17.6. The minimum Gasteiger partial charge on any atom is -0.465 e. The zero-order valence-corrected chi connectivity index (χ0v) is 20.4. The number of alkyl halides is 1. The molecule has 1 aromatic heterocycles. The van der Waals surface area contributed by atoms with Gasteiger partial charge in [0.05, 0.1) is 6.61 Å². The SMILES string of the molecule is CCOC(=O)C(C)N(Oc1ccccc1)[P+](=O)OC[C@@]1(N=[N+]=[N-])O[C@@H](n2ccc(=O)[nH]c2=O)[C@H](O)[C@@H]1F. The van der Waals surface area contributed by atoms with Crippen LogP contribution in [0.5, 0.6) is 5.75 Å². The van der Waals surface area contributed by atoms with Crippen molar-refractivity contribution in [3.8, 4) is 5.75 Å². The van der Waals surface area contributed by atoms with Gasteiger partial charge in [-0.2, -0.15) is 0 Å². The van der Waals surface area contributed by atoms with E-state index >= 15 is 4.39 Å². The van der Waals surface area contributed by atoms with Crippen molar-refractivity contribution in [1.82, 2.24) is 14.4 Å². The Morgan fingerprint density at radius 1 is 1.41 bits per heavy atom. The van der Waals surface area contributed by atoms with Crippen molar-refractivity contribution < 1.29 is 37.7 Å². The van der Waals surface area contributed by atoms with Gasteiger partial charge in [0.15, 0.2) is 24.2 Å². The summed E-state index contributed by atoms with van der Waals surface area (Å²) in [5.74, 6) is -0.618. The second-order valence-electron chi connectivity index (χ2n) is 7.60. The van der Waals surface area contributed by atoms with Gasteiger partial charge in [-0.3, -0.25) is 19.1 Å². The Bertz CT molecular complexity index is 1290. The van der Waals surface area contributed by atoms with Crippen molar-refractivity contribution in [3.63, 3.8) is 0 Å². The number of azide groups is 1. The van der Waals surface area contributed by atoms with Crippen LogP contribution >= 0.6 is 8.18 Å². The van der Waals surface area contributed by atoms with Gasteiger partial charge in [0, 0.05) is 17.2 Å². The first-order valence-corrected chi connectivity index (χ1v) is 11.9. The molecule has 1 aliphatic heterocycles. The molecule has 198 valence electrons. The van der Waals surface area contributed by atoms with Crippen LogP contribution in [-0.4, -0.2) is 62.7 Å². The number of aromatic nitrogens is 2. The fourth-order valence-corrected chi connectivity index (χ4v) is 4.25. The number of rotatable bonds is 11. The predicted octanol–water partition coefficient (Wildman–Crippen LogP) is 1.69. The summed E-state index contributed by atoms with van der Waals surface area (Å²) < 4.78 is 44.6. The van der Waals surface area contributed by atoms with E-state index in [2.05, 4.69) is 10.0 Å². The summed E-state index contributed by atoms with van der Waals surface area (Å²) in [7, 11) is -3.09. The van der Waals surface area contributed by atoms with Crippen LogP contribution in [0.4, 0.5) is 4.39 Å². The Balaban J connectivity index is 1.85. The van der Waals surface area contributed by atoms with Crippen LogP contribution in [0.1, 0.15) is 20.1 Å². The van der Waals surface area contributed by atoms with Crippen molar-refractivity contribution in [3.05, 3.63) is 73.9 Å². The average molecular weight is 541 g/mol. The quantitative estimate of drug-likeness (QED) is 0.105. The van der Waals surface area contributed by atoms with Gasteiger partial charge >= 0.3 is 19.8 Å². The molecule has 0 amide bonds. The maximum absolute atomic E-state index is 15.2. The largest absolute Gasteiger partial charge is 0.653 e. The molecule has 17 heteroatoms. The highest BCUT2D eigenvalue weighted by Crippen LogP contribution is 2.43. The number of aliphatic hydroxyl groups excluding tert-OH is 1. The lowest BCUT2D eigenvalue weighted by molar-refractivity contribution is -0.155. The molecule has 0 saturated carbocycles. The molecule has 3 rings (SSSR count). The maximum Gasteiger partial charge on any atom is 0.653 e. The van der Waals surface area contributed by atoms with Gasteiger partial charge in [-0.1, -0.05) is 23.3 Å². The van der Waals surface area contributed by atoms with Crippen molar-refractivity contribution >= 4 is 14.1 Å². The van der Waals surface area contributed by atoms with E-state index in [4.69, 9.17) is 24.4 Å². The zero-order valence-electron chi connectivity index (χ0n) is 19.5. The van der Waals surface area contributed by atoms with Gasteiger partial charge in [0.2, 0.25) is 5.72 Å². The van der Waals surface area contributed by atoms with Gasteiger partial charge in [0.1, 0.15) is 17.5 Å². The van der Waals surface area contributed by atoms with E-state index in [1.165, 1.54) is 19.1 Å². The van der Waals surface area contributed by atoms with Crippen LogP contribution in [-0.2, 0) is 23.4 Å². The fourth-order valence-electron chi connectivity index (χ4n) is 3.30. The van der Waals surface area contributed by atoms with Gasteiger partial charge < -0.3 is 19.4 Å². The molecule has 6 atom stereocenters. The number of benzene rings is 1. The molecule has 15 nitrogen and oxygen atoms in total. The number of aromatic amines is 1. The summed E-state index contributed by atoms with van der Waals surface area (Å²) in [6.07, 6.45) is -5.29. The minimum atomic E-state index is -3.09. The van der Waals surface area contributed by atoms with E-state index in [1.807, 2.05) is 4.98 Å². The van der Waals surface area contributed by atoms with Crippen LogP contribution in [0.15, 0.2) is 57.3 Å². The van der Waals surface area contributed by atoms with Gasteiger partial charge in [-0.25, -0.2) is 9.18 Å². The summed E-state index contributed by atoms with van der Waals surface area (Å²) in [6.45, 7) is 1.90. The van der Waals surface area contributed by atoms with Crippen molar-refractivity contribution in [2.75, 3.05) is 13.2 Å². The molecule has 1 fully saturated rings. The number of H-pyrrole nitrogens is 1. The molecule has 0 spiro atoms. The number of aliphatic hydroxyl groups is 1. The number of carbonyl (C=O) groups excluding carboxylic acids is 1. The lowest BCUT2D eigenvalue weighted by Crippen LogP contribution is -2.43. The number of halogens is 1. The second kappa shape index (κ2) is 12.1. The van der Waals surface area contributed by atoms with Gasteiger partial charge in [0.25, 0.3) is 5.56 Å². The third kappa shape index (κ3) is 6.20. The molecule has 0 bridgehead atoms. The van der Waals surface area contributed by atoms with Crippen molar-refractivity contribution in [2.24, 2.45) is 5.11 Å². The topological polar surface area (TPSA) is 198 Å². The number of carbonyl (C=O) groups is 1. The number of esters is 1. The molecule has 1 aromatic carbocycles. The molecule has 1 saturated heterocycles. The summed E-state index contributed by atoms with van der Waals surface area (Å²) in [5, 5.41) is 13.7. The number of nitrogens with one attached hydrogen (secondary N) is 1. The highest BCUT2D eigenvalue weighted by Gasteiger charge is 2.59. The number of para-hydroxylation sites is 1. The van der Waals surface area contributed by atoms with Crippen LogP contribution in [0.25, 0.3) is 10.4 Å². The molecule has 2 N–H and O–H groups in total. The Morgan fingerprint density at radius 3 is 2.73 bits per heavy atom. The van der Waals surface area contributed by atoms with Crippen LogP contribution < -0.4 is 16.1 Å². The highest BCUT2D eigenvalue weighted by molar-refractivity contribution is 7.36. The number of ether oxygens (including phenoxy) is 2. The normalized spacial score (nSPS) is 24.2. The van der Waals surface area contributed by atoms with E-state index in [1.54, 1.807) is 25.1 Å². The lowest BCUT2D eigenvalue weighted by atomic mass is 10.1. The molecule has 0 aliphatic carbocycles. The van der Waals surface area contributed by atoms with E-state index in [9.17, 15) is 24.1 Å². The third-order valence-electron chi connectivity index (χ3n) is 5.13. The molecular weight excluding hydrogens is 518 g/mol. The second-order valence-corrected chi connectivity index (χ2v) is 8.73. The Hall–Kier alpha value is -3.65. The number of hydroxylamine groups is 1. The van der Waals surface area contributed by atoms with E-state index < -0.39 is 62.3 Å². The number of hydrogen-bond acceptors (Lipinski definition) is 10. The van der Waals surface area contributed by atoms with E-state index in [0.29, 0.717) is 9.40 Å². The summed E-state index contributed by atoms with van der Waals surface area (Å²) in [4.78, 5) is 46.4. The fraction of sp³-hybridized carbons (Fsp3) is 0.450. The minimum absolute atomic E-state index is 0.0285. The predicted molar refractivity (Wildman–Crippen MR) is 123 cm³/mol. The van der Waals surface area contributed by atoms with Crippen LogP contribution in [0.3, 0.4) is 0 Å². The monoisotopic (exact) mass is 541 g/mol. The first kappa shape index (κ1) is 27.9. The Morgan fingerprint density at radius 2 is 2.11 bits per heavy atom. The Kier molecular flexibility index (Phi) is 9.10. The summed E-state index contributed by atoms with van der Waals surface area (Å²) in [6, 6.07) is 7.62. The van der Waals surface area contributed by atoms with Crippen molar-refractivity contribution in [2.45, 2.75) is 44.1 Å². The average Bonchev–Trinajstić information content (AvgIpc) is 3.12. The van der Waals surface area contributed by atoms with E-state index in [0.717, 1.165) is 12.3 Å². The molecule has 1 aliphatic rings. The van der Waals surface area contributed by atoms with Gasteiger partial charge in [-0.05, 0) is 36.1 Å². The van der Waals surface area contributed by atoms with Gasteiger partial charge in [-0.15, -0.1) is 4.52 Å². The van der Waals surface area contributed by atoms with Crippen molar-refractivity contribution in [1.29, 1.82) is 0 Å². The summed E-state index contributed by atoms with van der Waals surface area (Å²) >= 11 is 0. The molecule has 37 heavy (non-hydrogen) atoms. The molecule has 2 unspecified atom stereocenters. The van der Waals surface area contributed by atoms with Crippen LogP contribution in [0.2, 0.25) is 0 Å². The number of hydrogen-bond donors (Lipinski definition) is 2. The number of nitrogens with zero attached hydrogens (tertiary/aromatic N) is 5. The standard InChI is InChI=1S/C20H22FN6O9P/c1-3-33-18(30)12(2)27(36-13-7-5-4-6-8-13)37(32)34-11-20(24-25-22)16(21)15(29)17(35-20)26-10-9-14(28)23-19(26)31/h4-10,12,15-17,29H,3,11H2,1-2H3/p+1/t12?,15-,16+,17-,20-/m1/s1. The molecule has 2 heterocycles. The first-order valence-electron chi connectivity index (χ1n) is 10.8. The summed E-state index contributed by atoms with van der Waals surface area (Å²) in [5.41, 5.74) is 4.67. The van der Waals surface area contributed by atoms with E-state index in [-0.39, 0.29) is 12.4 Å². The molecule has 2 aromatic rings. The third-order valence-corrected chi connectivity index (χ3v) is 6.23. The Labute approximate surface area is 208 Å². The lowest BCUT2D eigenvalue weighted by Gasteiger charge is -2.23. The van der Waals surface area contributed by atoms with Crippen LogP contribution in [0, 0.1) is 0 Å². The highest BCUT2D eigenvalue weighted by atomic mass is 31.1. The smallest absolute Gasteiger partial charge is 0.465 e. The molecule has 0 radical (unpaired) electrons. The maximum atomic E-state index is 15.2.